The van der Waals surface area contributed by atoms with Crippen LogP contribution in [0.4, 0.5) is 0 Å². The zero-order chi connectivity index (χ0) is 17.9. The van der Waals surface area contributed by atoms with Crippen molar-refractivity contribution < 1.29 is 22.7 Å². The Balaban J connectivity index is 1.96. The van der Waals surface area contributed by atoms with E-state index in [1.165, 1.54) is 24.3 Å². The number of sulfone groups is 1. The molecule has 7 heteroatoms. The summed E-state index contributed by atoms with van der Waals surface area (Å²) in [4.78, 5) is 26.2. The maximum atomic E-state index is 12.3. The number of likely N-dealkylation sites (tertiary alicyclic amines) is 1. The summed E-state index contributed by atoms with van der Waals surface area (Å²) >= 11 is 0. The highest BCUT2D eigenvalue weighted by Gasteiger charge is 2.29. The number of benzene rings is 1. The van der Waals surface area contributed by atoms with Gasteiger partial charge in [0, 0.05) is 18.3 Å². The van der Waals surface area contributed by atoms with Gasteiger partial charge in [-0.1, -0.05) is 0 Å². The number of rotatable bonds is 4. The Bertz CT molecular complexity index is 701. The van der Waals surface area contributed by atoms with Crippen molar-refractivity contribution in [2.24, 2.45) is 0 Å². The van der Waals surface area contributed by atoms with Crippen molar-refractivity contribution in [1.82, 2.24) is 4.90 Å². The van der Waals surface area contributed by atoms with Crippen molar-refractivity contribution in [3.63, 3.8) is 0 Å². The van der Waals surface area contributed by atoms with Gasteiger partial charge in [-0.3, -0.25) is 4.79 Å². The van der Waals surface area contributed by atoms with Crippen LogP contribution in [0.25, 0.3) is 0 Å². The molecule has 0 aromatic heterocycles. The molecule has 1 aliphatic rings. The molecule has 132 valence electrons. The topological polar surface area (TPSA) is 80.8 Å². The molecule has 0 saturated carbocycles. The minimum absolute atomic E-state index is 0.131. The van der Waals surface area contributed by atoms with E-state index in [2.05, 4.69) is 0 Å². The fraction of sp³-hybridized carbons (Fsp3) is 0.529. The number of carbonyl (C=O) groups is 2. The third-order valence-corrected chi connectivity index (χ3v) is 5.45. The van der Waals surface area contributed by atoms with E-state index in [0.717, 1.165) is 25.5 Å². The average Bonchev–Trinajstić information content (AvgIpc) is 2.51. The first-order valence-electron chi connectivity index (χ1n) is 7.98. The molecule has 0 radical (unpaired) electrons. The molecule has 1 heterocycles. The van der Waals surface area contributed by atoms with E-state index in [1.807, 2.05) is 13.8 Å². The van der Waals surface area contributed by atoms with Crippen LogP contribution in [0.1, 0.15) is 43.5 Å². The molecule has 0 aliphatic carbocycles. The van der Waals surface area contributed by atoms with Gasteiger partial charge in [-0.2, -0.15) is 0 Å². The van der Waals surface area contributed by atoms with E-state index in [0.29, 0.717) is 0 Å². The summed E-state index contributed by atoms with van der Waals surface area (Å²) < 4.78 is 27.9. The van der Waals surface area contributed by atoms with Crippen molar-refractivity contribution in [3.05, 3.63) is 29.8 Å². The Morgan fingerprint density at radius 3 is 2.17 bits per heavy atom. The third-order valence-electron chi connectivity index (χ3n) is 4.33. The SMILES string of the molecule is C[C@H]1CCC[C@H](C)N1C(=O)COC(=O)c1ccc(S(C)(=O)=O)cc1. The van der Waals surface area contributed by atoms with E-state index in [1.54, 1.807) is 4.90 Å². The van der Waals surface area contributed by atoms with Crippen molar-refractivity contribution >= 4 is 21.7 Å². The van der Waals surface area contributed by atoms with E-state index in [4.69, 9.17) is 4.74 Å². The lowest BCUT2D eigenvalue weighted by atomic mass is 9.97. The largest absolute Gasteiger partial charge is 0.452 e. The quantitative estimate of drug-likeness (QED) is 0.774. The fourth-order valence-electron chi connectivity index (χ4n) is 3.04. The summed E-state index contributed by atoms with van der Waals surface area (Å²) in [5, 5.41) is 0. The van der Waals surface area contributed by atoms with Gasteiger partial charge in [-0.15, -0.1) is 0 Å². The third kappa shape index (κ3) is 4.35. The molecule has 0 N–H and O–H groups in total. The van der Waals surface area contributed by atoms with E-state index >= 15 is 0 Å². The van der Waals surface area contributed by atoms with Crippen LogP contribution < -0.4 is 0 Å². The van der Waals surface area contributed by atoms with Crippen LogP contribution in [-0.4, -0.2) is 50.1 Å². The van der Waals surface area contributed by atoms with Gasteiger partial charge in [0.15, 0.2) is 16.4 Å². The highest BCUT2D eigenvalue weighted by atomic mass is 32.2. The van der Waals surface area contributed by atoms with Gasteiger partial charge >= 0.3 is 5.97 Å². The summed E-state index contributed by atoms with van der Waals surface area (Å²) in [6, 6.07) is 5.76. The van der Waals surface area contributed by atoms with Gasteiger partial charge < -0.3 is 9.64 Å². The lowest BCUT2D eigenvalue weighted by molar-refractivity contribution is -0.140. The molecule has 1 amide bonds. The zero-order valence-corrected chi connectivity index (χ0v) is 15.0. The highest BCUT2D eigenvalue weighted by molar-refractivity contribution is 7.90. The Morgan fingerprint density at radius 2 is 1.67 bits per heavy atom. The summed E-state index contributed by atoms with van der Waals surface area (Å²) in [6.45, 7) is 3.69. The Hall–Kier alpha value is -1.89. The molecule has 1 aromatic rings. The second-order valence-electron chi connectivity index (χ2n) is 6.30. The van der Waals surface area contributed by atoms with Crippen LogP contribution in [0, 0.1) is 0 Å². The number of carbonyl (C=O) groups excluding carboxylic acids is 2. The van der Waals surface area contributed by atoms with Crippen LogP contribution >= 0.6 is 0 Å². The summed E-state index contributed by atoms with van der Waals surface area (Å²) in [5.74, 6) is -0.837. The van der Waals surface area contributed by atoms with E-state index in [9.17, 15) is 18.0 Å². The number of ether oxygens (including phenoxy) is 1. The smallest absolute Gasteiger partial charge is 0.338 e. The monoisotopic (exact) mass is 353 g/mol. The average molecular weight is 353 g/mol. The molecule has 2 atom stereocenters. The Kier molecular flexibility index (Phi) is 5.64. The first-order chi connectivity index (χ1) is 11.2. The lowest BCUT2D eigenvalue weighted by Gasteiger charge is -2.38. The maximum Gasteiger partial charge on any atom is 0.338 e. The standard InChI is InChI=1S/C17H23NO5S/c1-12-5-4-6-13(2)18(12)16(19)11-23-17(20)14-7-9-15(10-8-14)24(3,21)22/h7-10,12-13H,4-6,11H2,1-3H3/t12-,13-/m0/s1. The Morgan fingerprint density at radius 1 is 1.12 bits per heavy atom. The molecule has 24 heavy (non-hydrogen) atoms. The van der Waals surface area contributed by atoms with Gasteiger partial charge in [-0.05, 0) is 57.4 Å². The predicted molar refractivity (Wildman–Crippen MR) is 89.5 cm³/mol. The molecule has 0 unspecified atom stereocenters. The molecule has 6 nitrogen and oxygen atoms in total. The number of piperidine rings is 1. The van der Waals surface area contributed by atoms with Crippen LogP contribution in [0.2, 0.25) is 0 Å². The zero-order valence-electron chi connectivity index (χ0n) is 14.2. The van der Waals surface area contributed by atoms with Gasteiger partial charge in [0.05, 0.1) is 10.5 Å². The molecule has 1 fully saturated rings. The minimum Gasteiger partial charge on any atom is -0.452 e. The van der Waals surface area contributed by atoms with Gasteiger partial charge in [-0.25, -0.2) is 13.2 Å². The Labute approximate surface area is 142 Å². The minimum atomic E-state index is -3.31. The first kappa shape index (κ1) is 18.4. The van der Waals surface area contributed by atoms with Crippen molar-refractivity contribution in [2.45, 2.75) is 50.1 Å². The summed E-state index contributed by atoms with van der Waals surface area (Å²) in [5.41, 5.74) is 0.218. The number of nitrogens with zero attached hydrogens (tertiary/aromatic N) is 1. The second-order valence-corrected chi connectivity index (χ2v) is 8.32. The first-order valence-corrected chi connectivity index (χ1v) is 9.87. The number of hydrogen-bond donors (Lipinski definition) is 0. The van der Waals surface area contributed by atoms with Crippen molar-refractivity contribution in [3.8, 4) is 0 Å². The van der Waals surface area contributed by atoms with Crippen LogP contribution in [-0.2, 0) is 19.4 Å². The molecule has 0 spiro atoms. The van der Waals surface area contributed by atoms with Crippen molar-refractivity contribution in [1.29, 1.82) is 0 Å². The molecule has 1 aromatic carbocycles. The van der Waals surface area contributed by atoms with Gasteiger partial charge in [0.1, 0.15) is 0 Å². The molecule has 2 rings (SSSR count). The predicted octanol–water partition coefficient (Wildman–Crippen LogP) is 2.04. The molecule has 1 aliphatic heterocycles. The highest BCUT2D eigenvalue weighted by Crippen LogP contribution is 2.22. The number of hydrogen-bond acceptors (Lipinski definition) is 5. The van der Waals surface area contributed by atoms with Crippen LogP contribution in [0.3, 0.4) is 0 Å². The second kappa shape index (κ2) is 7.34. The van der Waals surface area contributed by atoms with E-state index in [-0.39, 0.29) is 35.1 Å². The van der Waals surface area contributed by atoms with Crippen LogP contribution in [0.15, 0.2) is 29.2 Å². The van der Waals surface area contributed by atoms with Crippen LogP contribution in [0.5, 0.6) is 0 Å². The van der Waals surface area contributed by atoms with Gasteiger partial charge in [0.25, 0.3) is 5.91 Å². The number of esters is 1. The fourth-order valence-corrected chi connectivity index (χ4v) is 3.67. The molecule has 1 saturated heterocycles. The molecule has 0 bridgehead atoms. The summed E-state index contributed by atoms with van der Waals surface area (Å²) in [6.07, 6.45) is 4.10. The number of amides is 1. The van der Waals surface area contributed by atoms with E-state index < -0.39 is 15.8 Å². The maximum absolute atomic E-state index is 12.3. The summed E-state index contributed by atoms with van der Waals surface area (Å²) in [7, 11) is -3.31. The van der Waals surface area contributed by atoms with Gasteiger partial charge in [0.2, 0.25) is 0 Å². The molecular weight excluding hydrogens is 330 g/mol. The van der Waals surface area contributed by atoms with Crippen molar-refractivity contribution in [2.75, 3.05) is 12.9 Å². The molecular formula is C17H23NO5S. The lowest BCUT2D eigenvalue weighted by Crippen LogP contribution is -2.49. The normalized spacial score (nSPS) is 21.4.